The highest BCUT2D eigenvalue weighted by Gasteiger charge is 2.47. The zero-order valence-corrected chi connectivity index (χ0v) is 14.4. The molecule has 0 heterocycles. The molecule has 2 aromatic rings. The third-order valence-corrected chi connectivity index (χ3v) is 4.13. The van der Waals surface area contributed by atoms with E-state index in [0.29, 0.717) is 0 Å². The second-order valence-electron chi connectivity index (χ2n) is 5.84. The van der Waals surface area contributed by atoms with Crippen LogP contribution in [-0.4, -0.2) is 56.5 Å². The zero-order valence-electron chi connectivity index (χ0n) is 14.4. The number of carboxylic acids is 3. The van der Waals surface area contributed by atoms with Gasteiger partial charge in [-0.05, 0) is 36.4 Å². The first-order valence-corrected chi connectivity index (χ1v) is 7.97. The average molecular weight is 390 g/mol. The molecular formula is C18H18N2O8. The van der Waals surface area contributed by atoms with Gasteiger partial charge in [-0.15, -0.1) is 0 Å². The number of rotatable bonds is 8. The number of aromatic hydroxyl groups is 2. The molecule has 0 atom stereocenters. The van der Waals surface area contributed by atoms with Crippen LogP contribution >= 0.6 is 0 Å². The number of nitrogens with two attached hydrogens (primary N) is 1. The Hall–Kier alpha value is -3.63. The Bertz CT molecular complexity index is 878. The largest absolute Gasteiger partial charge is 0.508 e. The van der Waals surface area contributed by atoms with Gasteiger partial charge in [0.05, 0.1) is 11.1 Å². The fraction of sp³-hybridized carbons (Fsp3) is 0.167. The Balaban J connectivity index is 3.02. The van der Waals surface area contributed by atoms with Gasteiger partial charge in [0.2, 0.25) is 0 Å². The maximum atomic E-state index is 12.4. The summed E-state index contributed by atoms with van der Waals surface area (Å²) < 4.78 is 0. The van der Waals surface area contributed by atoms with Crippen LogP contribution in [0.25, 0.3) is 0 Å². The molecule has 8 N–H and O–H groups in total. The normalized spacial score (nSPS) is 11.2. The van der Waals surface area contributed by atoms with Gasteiger partial charge in [-0.2, -0.15) is 0 Å². The number of aliphatic carboxylic acids is 1. The van der Waals surface area contributed by atoms with Crippen LogP contribution in [0.1, 0.15) is 31.8 Å². The number of carbonyl (C=O) groups is 3. The number of aromatic carboxylic acids is 2. The van der Waals surface area contributed by atoms with Crippen LogP contribution in [0.3, 0.4) is 0 Å². The molecule has 0 aliphatic heterocycles. The predicted molar refractivity (Wildman–Crippen MR) is 95.6 cm³/mol. The van der Waals surface area contributed by atoms with E-state index in [-0.39, 0.29) is 13.1 Å². The van der Waals surface area contributed by atoms with Gasteiger partial charge in [-0.3, -0.25) is 5.32 Å². The van der Waals surface area contributed by atoms with Crippen LogP contribution in [0.5, 0.6) is 11.5 Å². The third-order valence-electron chi connectivity index (χ3n) is 4.13. The van der Waals surface area contributed by atoms with Crippen LogP contribution in [0, 0.1) is 0 Å². The van der Waals surface area contributed by atoms with Gasteiger partial charge in [0, 0.05) is 24.2 Å². The molecule has 0 aliphatic rings. The van der Waals surface area contributed by atoms with E-state index in [1.807, 2.05) is 0 Å². The maximum Gasteiger partial charge on any atom is 0.336 e. The molecule has 0 radical (unpaired) electrons. The van der Waals surface area contributed by atoms with Crippen molar-refractivity contribution in [2.24, 2.45) is 5.73 Å². The highest BCUT2D eigenvalue weighted by molar-refractivity contribution is 5.99. The standard InChI is InChI=1S/C18H18N2O8/c19-5-6-20-18(17(27)28,13-7-9(21)1-3-11(13)15(23)24)14-8-10(22)2-4-12(14)16(25)26/h1-4,7-8,20-22H,5-6,19H2,(H,23,24)(H,25,26)(H,27,28). The van der Waals surface area contributed by atoms with Crippen molar-refractivity contribution in [2.75, 3.05) is 13.1 Å². The predicted octanol–water partition coefficient (Wildman–Crippen LogP) is 0.371. The van der Waals surface area contributed by atoms with Crippen LogP contribution < -0.4 is 11.1 Å². The summed E-state index contributed by atoms with van der Waals surface area (Å²) in [5, 5.41) is 51.4. The number of benzene rings is 2. The molecule has 0 saturated carbocycles. The van der Waals surface area contributed by atoms with Crippen molar-refractivity contribution in [3.63, 3.8) is 0 Å². The monoisotopic (exact) mass is 390 g/mol. The van der Waals surface area contributed by atoms with E-state index in [2.05, 4.69) is 5.32 Å². The second kappa shape index (κ2) is 7.94. The van der Waals surface area contributed by atoms with E-state index in [9.17, 15) is 39.9 Å². The molecule has 10 heteroatoms. The highest BCUT2D eigenvalue weighted by atomic mass is 16.4. The lowest BCUT2D eigenvalue weighted by molar-refractivity contribution is -0.143. The Morgan fingerprint density at radius 2 is 1.29 bits per heavy atom. The molecular weight excluding hydrogens is 372 g/mol. The van der Waals surface area contributed by atoms with Crippen LogP contribution in [0.2, 0.25) is 0 Å². The molecule has 0 aliphatic carbocycles. The summed E-state index contributed by atoms with van der Waals surface area (Å²) in [4.78, 5) is 35.8. The molecule has 2 aromatic carbocycles. The van der Waals surface area contributed by atoms with E-state index in [0.717, 1.165) is 36.4 Å². The fourth-order valence-corrected chi connectivity index (χ4v) is 2.96. The summed E-state index contributed by atoms with van der Waals surface area (Å²) in [6.07, 6.45) is 0. The van der Waals surface area contributed by atoms with Gasteiger partial charge < -0.3 is 31.3 Å². The van der Waals surface area contributed by atoms with E-state index in [1.165, 1.54) is 0 Å². The number of nitrogens with one attached hydrogen (secondary N) is 1. The van der Waals surface area contributed by atoms with E-state index in [4.69, 9.17) is 5.73 Å². The number of hydrogen-bond acceptors (Lipinski definition) is 7. The van der Waals surface area contributed by atoms with Crippen molar-refractivity contribution in [3.8, 4) is 11.5 Å². The van der Waals surface area contributed by atoms with Crippen molar-refractivity contribution in [3.05, 3.63) is 58.7 Å². The molecule has 0 aromatic heterocycles. The van der Waals surface area contributed by atoms with Crippen LogP contribution in [-0.2, 0) is 10.3 Å². The van der Waals surface area contributed by atoms with Crippen molar-refractivity contribution in [1.82, 2.24) is 5.32 Å². The van der Waals surface area contributed by atoms with Crippen molar-refractivity contribution < 1.29 is 39.9 Å². The minimum Gasteiger partial charge on any atom is -0.508 e. The van der Waals surface area contributed by atoms with Gasteiger partial charge in [-0.25, -0.2) is 14.4 Å². The SMILES string of the molecule is NCCNC(C(=O)O)(c1cc(O)ccc1C(=O)O)c1cc(O)ccc1C(=O)O. The Morgan fingerprint density at radius 3 is 1.61 bits per heavy atom. The minimum atomic E-state index is -2.43. The molecule has 10 nitrogen and oxygen atoms in total. The van der Waals surface area contributed by atoms with E-state index < -0.39 is 57.2 Å². The van der Waals surface area contributed by atoms with Gasteiger partial charge in [0.25, 0.3) is 0 Å². The van der Waals surface area contributed by atoms with Crippen molar-refractivity contribution in [1.29, 1.82) is 0 Å². The topological polar surface area (TPSA) is 190 Å². The Kier molecular flexibility index (Phi) is 5.87. The van der Waals surface area contributed by atoms with E-state index >= 15 is 0 Å². The molecule has 0 amide bonds. The molecule has 148 valence electrons. The maximum absolute atomic E-state index is 12.4. The lowest BCUT2D eigenvalue weighted by Gasteiger charge is -2.34. The summed E-state index contributed by atoms with van der Waals surface area (Å²) >= 11 is 0. The minimum absolute atomic E-state index is 0.0581. The summed E-state index contributed by atoms with van der Waals surface area (Å²) in [5.74, 6) is -5.50. The Labute approximate surface area is 158 Å². The number of phenols is 2. The average Bonchev–Trinajstić information content (AvgIpc) is 2.61. The first kappa shape index (κ1) is 20.7. The molecule has 0 saturated heterocycles. The molecule has 0 spiro atoms. The number of hydrogen-bond donors (Lipinski definition) is 7. The summed E-state index contributed by atoms with van der Waals surface area (Å²) in [7, 11) is 0. The first-order chi connectivity index (χ1) is 13.1. The van der Waals surface area contributed by atoms with Crippen LogP contribution in [0.15, 0.2) is 36.4 Å². The molecule has 2 rings (SSSR count). The van der Waals surface area contributed by atoms with Gasteiger partial charge in [-0.1, -0.05) is 0 Å². The zero-order chi connectivity index (χ0) is 21.1. The van der Waals surface area contributed by atoms with Crippen molar-refractivity contribution in [2.45, 2.75) is 5.54 Å². The summed E-state index contributed by atoms with van der Waals surface area (Å²) in [5.41, 5.74) is 1.22. The third kappa shape index (κ3) is 3.59. The number of phenolic OH excluding ortho intramolecular Hbond substituents is 2. The van der Waals surface area contributed by atoms with Gasteiger partial charge >= 0.3 is 17.9 Å². The summed E-state index contributed by atoms with van der Waals surface area (Å²) in [6, 6.07) is 5.94. The molecule has 0 fully saturated rings. The Morgan fingerprint density at radius 1 is 0.857 bits per heavy atom. The molecule has 0 unspecified atom stereocenters. The van der Waals surface area contributed by atoms with E-state index in [1.54, 1.807) is 0 Å². The van der Waals surface area contributed by atoms with Gasteiger partial charge in [0.15, 0.2) is 5.54 Å². The first-order valence-electron chi connectivity index (χ1n) is 7.97. The highest BCUT2D eigenvalue weighted by Crippen LogP contribution is 2.38. The fourth-order valence-electron chi connectivity index (χ4n) is 2.96. The van der Waals surface area contributed by atoms with Crippen LogP contribution in [0.4, 0.5) is 0 Å². The molecule has 0 bridgehead atoms. The van der Waals surface area contributed by atoms with Crippen molar-refractivity contribution >= 4 is 17.9 Å². The second-order valence-corrected chi connectivity index (χ2v) is 5.84. The molecule has 28 heavy (non-hydrogen) atoms. The lowest BCUT2D eigenvalue weighted by atomic mass is 9.77. The smallest absolute Gasteiger partial charge is 0.336 e. The lowest BCUT2D eigenvalue weighted by Crippen LogP contribution is -2.53. The van der Waals surface area contributed by atoms with Gasteiger partial charge in [0.1, 0.15) is 11.5 Å². The summed E-state index contributed by atoms with van der Waals surface area (Å²) in [6.45, 7) is -0.201. The quantitative estimate of drug-likeness (QED) is 0.331. The number of carboxylic acid groups (broad SMARTS) is 3.